The maximum absolute atomic E-state index is 12.9. The van der Waals surface area contributed by atoms with Crippen molar-refractivity contribution in [2.24, 2.45) is 7.05 Å². The summed E-state index contributed by atoms with van der Waals surface area (Å²) >= 11 is 12.2. The van der Waals surface area contributed by atoms with E-state index in [9.17, 15) is 9.59 Å². The molecule has 6 nitrogen and oxygen atoms in total. The number of hydrogen-bond acceptors (Lipinski definition) is 4. The Bertz CT molecular complexity index is 1210. The third-order valence-electron chi connectivity index (χ3n) is 5.95. The van der Waals surface area contributed by atoms with Crippen LogP contribution in [0.1, 0.15) is 48.0 Å². The zero-order chi connectivity index (χ0) is 24.1. The van der Waals surface area contributed by atoms with Gasteiger partial charge in [-0.3, -0.25) is 9.59 Å². The van der Waals surface area contributed by atoms with Gasteiger partial charge in [-0.2, -0.15) is 5.10 Å². The average molecular weight is 588 g/mol. The van der Waals surface area contributed by atoms with Crippen molar-refractivity contribution in [2.75, 3.05) is 0 Å². The first-order valence-corrected chi connectivity index (χ1v) is 12.1. The number of rotatable bonds is 7. The number of nitrogens with zero attached hydrogens (tertiary/aromatic N) is 2. The minimum absolute atomic E-state index is 0. The van der Waals surface area contributed by atoms with E-state index in [1.165, 1.54) is 11.1 Å². The predicted molar refractivity (Wildman–Crippen MR) is 134 cm³/mol. The number of carbonyl (C=O) groups excluding carboxylic acids is 1. The van der Waals surface area contributed by atoms with Gasteiger partial charge in [-0.25, -0.2) is 11.2 Å². The summed E-state index contributed by atoms with van der Waals surface area (Å²) in [5.74, 6) is 0.162. The van der Waals surface area contributed by atoms with Gasteiger partial charge in [0.05, 0.1) is 33.5 Å². The maximum atomic E-state index is 12.9. The van der Waals surface area contributed by atoms with Crippen molar-refractivity contribution in [3.05, 3.63) is 86.7 Å². The van der Waals surface area contributed by atoms with E-state index in [4.69, 9.17) is 27.9 Å². The van der Waals surface area contributed by atoms with Crippen LogP contribution in [0, 0.1) is 6.54 Å². The van der Waals surface area contributed by atoms with Gasteiger partial charge in [0.15, 0.2) is 5.75 Å². The van der Waals surface area contributed by atoms with Crippen LogP contribution in [0.15, 0.2) is 53.5 Å². The van der Waals surface area contributed by atoms with Gasteiger partial charge in [0.1, 0.15) is 0 Å². The molecule has 0 spiro atoms. The van der Waals surface area contributed by atoms with Crippen molar-refractivity contribution in [3.63, 3.8) is 0 Å². The minimum atomic E-state index is -0.364. The van der Waals surface area contributed by atoms with Crippen molar-refractivity contribution >= 4 is 29.1 Å². The van der Waals surface area contributed by atoms with Crippen LogP contribution in [0.5, 0.6) is 5.75 Å². The van der Waals surface area contributed by atoms with Gasteiger partial charge in [0.2, 0.25) is 5.91 Å². The van der Waals surface area contributed by atoms with Crippen molar-refractivity contribution in [3.8, 4) is 16.9 Å². The fraction of sp³-hybridized carbons (Fsp3) is 0.308. The Morgan fingerprint density at radius 3 is 2.43 bits per heavy atom. The summed E-state index contributed by atoms with van der Waals surface area (Å²) < 4.78 is 7.53. The smallest absolute Gasteiger partial charge is 0.278 e. The molecule has 1 radical (unpaired) electrons. The van der Waals surface area contributed by atoms with Gasteiger partial charge in [0, 0.05) is 39.8 Å². The van der Waals surface area contributed by atoms with Crippen LogP contribution in [0.3, 0.4) is 0 Å². The molecule has 0 unspecified atom stereocenters. The number of aromatic nitrogens is 2. The maximum Gasteiger partial charge on any atom is 0.278 e. The Morgan fingerprint density at radius 1 is 1.11 bits per heavy atom. The summed E-state index contributed by atoms with van der Waals surface area (Å²) in [6, 6.07) is 12.6. The molecule has 1 fully saturated rings. The molecule has 2 aromatic carbocycles. The Balaban J connectivity index is 0.00000342. The second-order valence-electron chi connectivity index (χ2n) is 8.37. The van der Waals surface area contributed by atoms with Gasteiger partial charge in [-0.15, -0.1) is 6.42 Å². The first-order valence-electron chi connectivity index (χ1n) is 11.3. The third kappa shape index (κ3) is 6.94. The summed E-state index contributed by atoms with van der Waals surface area (Å²) in [7, 11) is 1.63. The van der Waals surface area contributed by atoms with E-state index in [1.54, 1.807) is 38.0 Å². The molecule has 9 heteroatoms. The summed E-state index contributed by atoms with van der Waals surface area (Å²) in [6.45, 7) is 1.65. The monoisotopic (exact) mass is 587 g/mol. The van der Waals surface area contributed by atoms with Crippen molar-refractivity contribution in [1.82, 2.24) is 15.1 Å². The number of carbonyl (C=O) groups is 1. The van der Waals surface area contributed by atoms with E-state index in [0.717, 1.165) is 36.8 Å². The topological polar surface area (TPSA) is 73.2 Å². The van der Waals surface area contributed by atoms with E-state index in [2.05, 4.69) is 10.4 Å². The zero-order valence-corrected chi connectivity index (χ0v) is 23.8. The van der Waals surface area contributed by atoms with Crippen molar-refractivity contribution < 1.29 is 42.2 Å². The number of amides is 1. The molecule has 0 bridgehead atoms. The number of hydrogen-bond donors (Lipinski definition) is 1. The molecular formula is C26H26Cl2N3O3Y-. The molecule has 1 aliphatic rings. The van der Waals surface area contributed by atoms with Crippen molar-refractivity contribution in [1.29, 1.82) is 0 Å². The van der Waals surface area contributed by atoms with E-state index < -0.39 is 0 Å². The molecule has 0 atom stereocenters. The molecule has 3 aromatic rings. The number of aryl methyl sites for hydroxylation is 1. The molecule has 1 heterocycles. The van der Waals surface area contributed by atoms with Crippen molar-refractivity contribution in [2.45, 2.75) is 44.6 Å². The van der Waals surface area contributed by atoms with E-state index >= 15 is 0 Å². The zero-order valence-electron chi connectivity index (χ0n) is 19.5. The molecule has 1 amide bonds. The largest absolute Gasteiger partial charge is 0.501 e. The SMILES string of the molecule is Cn1ncc(OC2CCCCC2)c(-c2ccc(C[CH-]NC(=O)c3c(Cl)cccc3Cl)cc2)c1=O.[Y]. The minimum Gasteiger partial charge on any atom is -0.501 e. The van der Waals surface area contributed by atoms with E-state index in [0.29, 0.717) is 27.8 Å². The van der Waals surface area contributed by atoms with Gasteiger partial charge in [0.25, 0.3) is 5.56 Å². The molecule has 0 aliphatic heterocycles. The van der Waals surface area contributed by atoms with E-state index in [1.807, 2.05) is 24.3 Å². The number of benzene rings is 2. The van der Waals surface area contributed by atoms with Gasteiger partial charge < -0.3 is 10.1 Å². The van der Waals surface area contributed by atoms with Crippen LogP contribution in [-0.4, -0.2) is 21.8 Å². The Hall–Kier alpha value is -1.73. The first-order chi connectivity index (χ1) is 16.4. The molecule has 1 N–H and O–H groups in total. The third-order valence-corrected chi connectivity index (χ3v) is 6.58. The molecular weight excluding hydrogens is 562 g/mol. The fourth-order valence-electron chi connectivity index (χ4n) is 4.10. The van der Waals surface area contributed by atoms with Crippen LogP contribution in [0.2, 0.25) is 10.0 Å². The quantitative estimate of drug-likeness (QED) is 0.365. The Labute approximate surface area is 240 Å². The second-order valence-corrected chi connectivity index (χ2v) is 9.18. The molecule has 1 saturated carbocycles. The average Bonchev–Trinajstić information content (AvgIpc) is 2.83. The van der Waals surface area contributed by atoms with Crippen LogP contribution in [0.25, 0.3) is 11.1 Å². The predicted octanol–water partition coefficient (Wildman–Crippen LogP) is 5.60. The number of halogens is 2. The second kappa shape index (κ2) is 13.0. The van der Waals surface area contributed by atoms with Crippen LogP contribution >= 0.6 is 23.2 Å². The Kier molecular flexibility index (Phi) is 10.3. The number of ether oxygens (including phenoxy) is 1. The molecule has 1 aromatic heterocycles. The van der Waals surface area contributed by atoms with Gasteiger partial charge >= 0.3 is 0 Å². The first kappa shape index (κ1) is 27.9. The Morgan fingerprint density at radius 2 is 1.77 bits per heavy atom. The molecule has 1 aliphatic carbocycles. The standard InChI is InChI=1S/C26H26Cl2N3O3.Y/c1-31-26(33)23(22(16-30-31)34-19-6-3-2-4-7-19)18-12-10-17(11-13-18)14-15-29-25(32)24-20(27)8-5-9-21(24)28;/h5,8-13,15-16,19H,2-4,6-7,14H2,1H3,(H,29,32);/q-1;. The molecule has 181 valence electrons. The van der Waals surface area contributed by atoms with E-state index in [-0.39, 0.29) is 55.8 Å². The summed E-state index contributed by atoms with van der Waals surface area (Å²) in [5, 5.41) is 7.49. The molecule has 4 rings (SSSR count). The van der Waals surface area contributed by atoms with Crippen LogP contribution in [0.4, 0.5) is 0 Å². The number of nitrogens with one attached hydrogen (secondary N) is 1. The van der Waals surface area contributed by atoms with Gasteiger partial charge in [-0.05, 0) is 43.4 Å². The summed E-state index contributed by atoms with van der Waals surface area (Å²) in [6.07, 6.45) is 7.74. The normalized spacial score (nSPS) is 13.7. The van der Waals surface area contributed by atoms with Crippen LogP contribution < -0.4 is 15.6 Å². The van der Waals surface area contributed by atoms with Crippen LogP contribution in [-0.2, 0) is 46.2 Å². The molecule has 0 saturated heterocycles. The fourth-order valence-corrected chi connectivity index (χ4v) is 4.67. The van der Waals surface area contributed by atoms with Gasteiger partial charge in [-0.1, -0.05) is 65.5 Å². The molecule has 35 heavy (non-hydrogen) atoms. The summed E-state index contributed by atoms with van der Waals surface area (Å²) in [5.41, 5.74) is 2.30. The summed E-state index contributed by atoms with van der Waals surface area (Å²) in [4.78, 5) is 25.3.